The average Bonchev–Trinajstić information content (AvgIpc) is 3.26. The standard InChI is InChI=1S/C23H28ClN3O3S/c1-30-20-3-2-19(24)14-18(20)15-25-9-11-26(12-10-25)22(28)4-5-23(29)27-8-6-21-17(16-27)7-13-31-21/h2-3,7,13-14H,4-6,8-12,15-16H2,1H3. The molecule has 2 aliphatic heterocycles. The van der Waals surface area contributed by atoms with Crippen LogP contribution in [0.5, 0.6) is 5.75 Å². The normalized spacial score (nSPS) is 16.8. The van der Waals surface area contributed by atoms with E-state index in [2.05, 4.69) is 16.3 Å². The van der Waals surface area contributed by atoms with Crippen molar-refractivity contribution in [2.24, 2.45) is 0 Å². The van der Waals surface area contributed by atoms with Gasteiger partial charge in [-0.25, -0.2) is 0 Å². The van der Waals surface area contributed by atoms with Crippen LogP contribution in [-0.2, 0) is 29.1 Å². The second-order valence-corrected chi connectivity index (χ2v) is 9.48. The number of ether oxygens (including phenoxy) is 1. The first-order valence-corrected chi connectivity index (χ1v) is 11.9. The van der Waals surface area contributed by atoms with Gasteiger partial charge < -0.3 is 14.5 Å². The molecule has 0 spiro atoms. The monoisotopic (exact) mass is 461 g/mol. The highest BCUT2D eigenvalue weighted by Gasteiger charge is 2.25. The fourth-order valence-electron chi connectivity index (χ4n) is 4.26. The van der Waals surface area contributed by atoms with Crippen molar-refractivity contribution in [1.82, 2.24) is 14.7 Å². The fourth-order valence-corrected chi connectivity index (χ4v) is 5.34. The number of fused-ring (bicyclic) bond motifs is 1. The van der Waals surface area contributed by atoms with Crippen LogP contribution in [0.4, 0.5) is 0 Å². The van der Waals surface area contributed by atoms with Gasteiger partial charge in [-0.05, 0) is 41.6 Å². The third-order valence-corrected chi connectivity index (χ3v) is 7.33. The predicted octanol–water partition coefficient (Wildman–Crippen LogP) is 3.42. The Bertz CT molecular complexity index is 940. The molecule has 2 aliphatic rings. The Hall–Kier alpha value is -2.09. The summed E-state index contributed by atoms with van der Waals surface area (Å²) >= 11 is 7.90. The van der Waals surface area contributed by atoms with Crippen LogP contribution in [0.25, 0.3) is 0 Å². The van der Waals surface area contributed by atoms with Gasteiger partial charge in [0.2, 0.25) is 11.8 Å². The first kappa shape index (κ1) is 22.1. The quantitative estimate of drug-likeness (QED) is 0.661. The van der Waals surface area contributed by atoms with Crippen LogP contribution in [0.15, 0.2) is 29.6 Å². The number of piperazine rings is 1. The second kappa shape index (κ2) is 10.0. The topological polar surface area (TPSA) is 53.1 Å². The molecule has 3 heterocycles. The van der Waals surface area contributed by atoms with E-state index in [9.17, 15) is 9.59 Å². The number of thiophene rings is 1. The predicted molar refractivity (Wildman–Crippen MR) is 123 cm³/mol. The Morgan fingerprint density at radius 3 is 2.52 bits per heavy atom. The van der Waals surface area contributed by atoms with Gasteiger partial charge in [-0.2, -0.15) is 0 Å². The van der Waals surface area contributed by atoms with E-state index in [0.717, 1.165) is 43.9 Å². The minimum atomic E-state index is 0.0709. The van der Waals surface area contributed by atoms with E-state index in [0.29, 0.717) is 24.7 Å². The Morgan fingerprint density at radius 1 is 1.03 bits per heavy atom. The smallest absolute Gasteiger partial charge is 0.223 e. The Kier molecular flexibility index (Phi) is 7.15. The maximum Gasteiger partial charge on any atom is 0.223 e. The molecule has 1 aromatic heterocycles. The van der Waals surface area contributed by atoms with Crippen LogP contribution in [0.2, 0.25) is 5.02 Å². The Morgan fingerprint density at radius 2 is 1.77 bits per heavy atom. The van der Waals surface area contributed by atoms with E-state index in [1.807, 2.05) is 28.0 Å². The number of halogens is 1. The number of methoxy groups -OCH3 is 1. The zero-order valence-electron chi connectivity index (χ0n) is 17.8. The van der Waals surface area contributed by atoms with Gasteiger partial charge in [-0.1, -0.05) is 11.6 Å². The van der Waals surface area contributed by atoms with Crippen molar-refractivity contribution in [2.45, 2.75) is 32.4 Å². The summed E-state index contributed by atoms with van der Waals surface area (Å²) in [6.07, 6.45) is 1.50. The van der Waals surface area contributed by atoms with E-state index in [1.165, 1.54) is 10.4 Å². The largest absolute Gasteiger partial charge is 0.496 e. The molecule has 1 fully saturated rings. The molecule has 0 unspecified atom stereocenters. The molecule has 0 aliphatic carbocycles. The molecule has 166 valence electrons. The van der Waals surface area contributed by atoms with E-state index in [-0.39, 0.29) is 24.7 Å². The van der Waals surface area contributed by atoms with Crippen LogP contribution in [0, 0.1) is 0 Å². The van der Waals surface area contributed by atoms with Gasteiger partial charge in [0.1, 0.15) is 5.75 Å². The lowest BCUT2D eigenvalue weighted by molar-refractivity contribution is -0.138. The van der Waals surface area contributed by atoms with Crippen molar-refractivity contribution in [3.8, 4) is 5.75 Å². The zero-order chi connectivity index (χ0) is 21.8. The lowest BCUT2D eigenvalue weighted by atomic mass is 10.1. The summed E-state index contributed by atoms with van der Waals surface area (Å²) in [5.41, 5.74) is 2.30. The molecule has 2 aromatic rings. The summed E-state index contributed by atoms with van der Waals surface area (Å²) in [5.74, 6) is 0.979. The van der Waals surface area contributed by atoms with Gasteiger partial charge in [0.25, 0.3) is 0 Å². The molecular weight excluding hydrogens is 434 g/mol. The van der Waals surface area contributed by atoms with Crippen molar-refractivity contribution in [2.75, 3.05) is 39.8 Å². The summed E-state index contributed by atoms with van der Waals surface area (Å²) in [4.78, 5) is 32.7. The number of amides is 2. The SMILES string of the molecule is COc1ccc(Cl)cc1CN1CCN(C(=O)CCC(=O)N2CCc3sccc3C2)CC1. The second-order valence-electron chi connectivity index (χ2n) is 8.05. The van der Waals surface area contributed by atoms with Gasteiger partial charge >= 0.3 is 0 Å². The zero-order valence-corrected chi connectivity index (χ0v) is 19.4. The Balaban J connectivity index is 1.22. The van der Waals surface area contributed by atoms with Crippen LogP contribution < -0.4 is 4.74 Å². The molecule has 4 rings (SSSR count). The molecule has 2 amide bonds. The van der Waals surface area contributed by atoms with E-state index in [1.54, 1.807) is 18.4 Å². The third kappa shape index (κ3) is 5.40. The first-order chi connectivity index (χ1) is 15.0. The van der Waals surface area contributed by atoms with Crippen LogP contribution in [-0.4, -0.2) is 66.3 Å². The minimum absolute atomic E-state index is 0.0709. The number of rotatable bonds is 6. The van der Waals surface area contributed by atoms with E-state index in [4.69, 9.17) is 16.3 Å². The van der Waals surface area contributed by atoms with Crippen molar-refractivity contribution < 1.29 is 14.3 Å². The van der Waals surface area contributed by atoms with Crippen molar-refractivity contribution >= 4 is 34.8 Å². The van der Waals surface area contributed by atoms with Gasteiger partial charge in [0, 0.05) is 74.1 Å². The molecule has 0 bridgehead atoms. The maximum atomic E-state index is 12.7. The van der Waals surface area contributed by atoms with Gasteiger partial charge in [0.05, 0.1) is 7.11 Å². The third-order valence-electron chi connectivity index (χ3n) is 6.07. The van der Waals surface area contributed by atoms with Gasteiger partial charge in [-0.3, -0.25) is 14.5 Å². The highest BCUT2D eigenvalue weighted by Crippen LogP contribution is 2.26. The van der Waals surface area contributed by atoms with Crippen LogP contribution in [0.1, 0.15) is 28.8 Å². The molecule has 0 atom stereocenters. The summed E-state index contributed by atoms with van der Waals surface area (Å²) < 4.78 is 5.44. The molecule has 6 nitrogen and oxygen atoms in total. The van der Waals surface area contributed by atoms with Crippen LogP contribution in [0.3, 0.4) is 0 Å². The summed E-state index contributed by atoms with van der Waals surface area (Å²) in [5, 5.41) is 2.78. The summed E-state index contributed by atoms with van der Waals surface area (Å²) in [7, 11) is 1.66. The van der Waals surface area contributed by atoms with E-state index >= 15 is 0 Å². The number of nitrogens with zero attached hydrogens (tertiary/aromatic N) is 3. The summed E-state index contributed by atoms with van der Waals surface area (Å²) in [6.45, 7) is 5.12. The molecule has 0 N–H and O–H groups in total. The molecule has 1 aromatic carbocycles. The fraction of sp³-hybridized carbons (Fsp3) is 0.478. The molecule has 1 saturated heterocycles. The van der Waals surface area contributed by atoms with Gasteiger partial charge in [-0.15, -0.1) is 11.3 Å². The number of benzene rings is 1. The number of carbonyl (C=O) groups is 2. The van der Waals surface area contributed by atoms with Crippen molar-refractivity contribution in [3.05, 3.63) is 50.7 Å². The average molecular weight is 462 g/mol. The molecular formula is C23H28ClN3O3S. The Labute approximate surface area is 192 Å². The highest BCUT2D eigenvalue weighted by molar-refractivity contribution is 7.10. The van der Waals surface area contributed by atoms with E-state index < -0.39 is 0 Å². The number of hydrogen-bond donors (Lipinski definition) is 0. The van der Waals surface area contributed by atoms with Crippen LogP contribution >= 0.6 is 22.9 Å². The lowest BCUT2D eigenvalue weighted by Gasteiger charge is -2.35. The molecule has 0 saturated carbocycles. The minimum Gasteiger partial charge on any atom is -0.496 e. The number of carbonyl (C=O) groups excluding carboxylic acids is 2. The van der Waals surface area contributed by atoms with Crippen molar-refractivity contribution in [1.29, 1.82) is 0 Å². The maximum absolute atomic E-state index is 12.7. The highest BCUT2D eigenvalue weighted by atomic mass is 35.5. The molecule has 0 radical (unpaired) electrons. The lowest BCUT2D eigenvalue weighted by Crippen LogP contribution is -2.48. The van der Waals surface area contributed by atoms with Crippen molar-refractivity contribution in [3.63, 3.8) is 0 Å². The summed E-state index contributed by atoms with van der Waals surface area (Å²) in [6, 6.07) is 7.74. The molecule has 31 heavy (non-hydrogen) atoms. The number of hydrogen-bond acceptors (Lipinski definition) is 5. The first-order valence-electron chi connectivity index (χ1n) is 10.7. The molecule has 8 heteroatoms. The van der Waals surface area contributed by atoms with Gasteiger partial charge in [0.15, 0.2) is 0 Å².